The molecule has 0 aromatic carbocycles. The summed E-state index contributed by atoms with van der Waals surface area (Å²) < 4.78 is 47.5. The summed E-state index contributed by atoms with van der Waals surface area (Å²) in [6, 6.07) is 1.83. The van der Waals surface area contributed by atoms with Crippen LogP contribution in [0, 0.1) is 17.8 Å². The van der Waals surface area contributed by atoms with Crippen LogP contribution in [0.5, 0.6) is 5.75 Å². The standard InChI is InChI=1S/C23H32F3N5O2/c1-13(2)30-19(11-18(27)14-8-20(22(28)29-12-14)33-23(24,25)26)21-16-9-15(10-17(16)21)31-4-3-6-32-7-5-31/h8,11-13,15-17,21H,3-7,9-10,27H2,1-2H3,(H2,28,29)/t15?,16-,17+,21?. The number of aromatic nitrogens is 1. The number of nitrogens with zero attached hydrogens (tertiary/aromatic N) is 3. The Morgan fingerprint density at radius 1 is 1.27 bits per heavy atom. The summed E-state index contributed by atoms with van der Waals surface area (Å²) in [5, 5.41) is 0. The molecule has 182 valence electrons. The lowest BCUT2D eigenvalue weighted by Gasteiger charge is -2.28. The molecule has 33 heavy (non-hydrogen) atoms. The van der Waals surface area contributed by atoms with Crippen molar-refractivity contribution in [2.75, 3.05) is 32.0 Å². The van der Waals surface area contributed by atoms with Crippen molar-refractivity contribution in [2.45, 2.75) is 51.6 Å². The van der Waals surface area contributed by atoms with Crippen molar-refractivity contribution in [1.29, 1.82) is 0 Å². The van der Waals surface area contributed by atoms with E-state index in [2.05, 4.69) is 14.6 Å². The number of allylic oxidation sites excluding steroid dienone is 1. The Labute approximate surface area is 192 Å². The molecule has 4 rings (SSSR count). The number of hydrogen-bond donors (Lipinski definition) is 2. The van der Waals surface area contributed by atoms with Crippen LogP contribution in [-0.4, -0.2) is 60.3 Å². The first-order chi connectivity index (χ1) is 15.6. The van der Waals surface area contributed by atoms with Gasteiger partial charge in [-0.25, -0.2) is 4.98 Å². The van der Waals surface area contributed by atoms with Gasteiger partial charge in [0, 0.05) is 60.9 Å². The van der Waals surface area contributed by atoms with Crippen molar-refractivity contribution in [3.8, 4) is 5.75 Å². The SMILES string of the molecule is CC(C)N=C(C=C(N)c1cnc(N)c(OC(F)(F)F)c1)C1[C@H]2CC(N3CCCOCC3)C[C@@H]12. The van der Waals surface area contributed by atoms with E-state index in [1.54, 1.807) is 6.08 Å². The molecule has 1 saturated heterocycles. The maximum Gasteiger partial charge on any atom is 0.573 e. The molecule has 0 amide bonds. The van der Waals surface area contributed by atoms with Gasteiger partial charge in [0.05, 0.1) is 6.61 Å². The fraction of sp³-hybridized carbons (Fsp3) is 0.652. The predicted molar refractivity (Wildman–Crippen MR) is 121 cm³/mol. The highest BCUT2D eigenvalue weighted by Crippen LogP contribution is 2.59. The van der Waals surface area contributed by atoms with Gasteiger partial charge in [-0.1, -0.05) is 0 Å². The molecule has 4 N–H and O–H groups in total. The Bertz CT molecular complexity index is 898. The fourth-order valence-corrected chi connectivity index (χ4v) is 5.26. The van der Waals surface area contributed by atoms with Crippen LogP contribution in [0.3, 0.4) is 0 Å². The number of nitrogens with two attached hydrogens (primary N) is 2. The molecule has 10 heteroatoms. The van der Waals surface area contributed by atoms with E-state index in [0.29, 0.717) is 35.1 Å². The molecule has 3 aliphatic rings. The zero-order valence-electron chi connectivity index (χ0n) is 19.0. The Hall–Kier alpha value is -2.33. The summed E-state index contributed by atoms with van der Waals surface area (Å²) >= 11 is 0. The minimum absolute atomic E-state index is 0.0811. The lowest BCUT2D eigenvalue weighted by atomic mass is 10.0. The zero-order chi connectivity index (χ0) is 23.8. The highest BCUT2D eigenvalue weighted by atomic mass is 19.4. The Morgan fingerprint density at radius 3 is 2.67 bits per heavy atom. The maximum atomic E-state index is 12.7. The molecule has 1 aliphatic heterocycles. The molecule has 7 nitrogen and oxygen atoms in total. The summed E-state index contributed by atoms with van der Waals surface area (Å²) in [5.41, 5.74) is 13.3. The second kappa shape index (κ2) is 9.50. The van der Waals surface area contributed by atoms with Gasteiger partial charge in [0.25, 0.3) is 0 Å². The monoisotopic (exact) mass is 467 g/mol. The van der Waals surface area contributed by atoms with Crippen molar-refractivity contribution in [3.05, 3.63) is 23.9 Å². The molecule has 2 aliphatic carbocycles. The molecule has 2 heterocycles. The number of halogens is 3. The molecule has 3 fully saturated rings. The Kier molecular flexibility index (Phi) is 6.86. The van der Waals surface area contributed by atoms with Gasteiger partial charge in [0.15, 0.2) is 11.6 Å². The minimum atomic E-state index is -4.86. The number of hydrogen-bond acceptors (Lipinski definition) is 7. The summed E-state index contributed by atoms with van der Waals surface area (Å²) in [5.74, 6) is 0.551. The molecule has 2 saturated carbocycles. The molecule has 0 radical (unpaired) electrons. The second-order valence-electron chi connectivity index (χ2n) is 9.38. The van der Waals surface area contributed by atoms with E-state index in [0.717, 1.165) is 51.3 Å². The Morgan fingerprint density at radius 2 is 2.00 bits per heavy atom. The number of fused-ring (bicyclic) bond motifs is 1. The van der Waals surface area contributed by atoms with Crippen molar-refractivity contribution in [2.24, 2.45) is 28.5 Å². The first-order valence-electron chi connectivity index (χ1n) is 11.5. The van der Waals surface area contributed by atoms with Crippen LogP contribution < -0.4 is 16.2 Å². The Balaban J connectivity index is 1.48. The lowest BCUT2D eigenvalue weighted by molar-refractivity contribution is -0.274. The van der Waals surface area contributed by atoms with Crippen molar-refractivity contribution >= 4 is 17.2 Å². The number of anilines is 1. The van der Waals surface area contributed by atoms with Crippen molar-refractivity contribution < 1.29 is 22.6 Å². The molecule has 0 bridgehead atoms. The van der Waals surface area contributed by atoms with Crippen molar-refractivity contribution in [1.82, 2.24) is 9.88 Å². The molecule has 1 aromatic heterocycles. The highest BCUT2D eigenvalue weighted by Gasteiger charge is 2.58. The van der Waals surface area contributed by atoms with Crippen LogP contribution in [0.1, 0.15) is 38.7 Å². The van der Waals surface area contributed by atoms with E-state index < -0.39 is 12.1 Å². The van der Waals surface area contributed by atoms with Crippen molar-refractivity contribution in [3.63, 3.8) is 0 Å². The van der Waals surface area contributed by atoms with Gasteiger partial charge in [-0.15, -0.1) is 13.2 Å². The van der Waals surface area contributed by atoms with Gasteiger partial charge in [-0.05, 0) is 57.1 Å². The zero-order valence-corrected chi connectivity index (χ0v) is 19.0. The molecule has 0 spiro atoms. The molecular weight excluding hydrogens is 435 g/mol. The fourth-order valence-electron chi connectivity index (χ4n) is 5.26. The number of ether oxygens (including phenoxy) is 2. The van der Waals surface area contributed by atoms with Crippen LogP contribution in [0.15, 0.2) is 23.3 Å². The third-order valence-corrected chi connectivity index (χ3v) is 6.69. The van der Waals surface area contributed by atoms with E-state index in [4.69, 9.17) is 21.2 Å². The van der Waals surface area contributed by atoms with Crippen LogP contribution in [0.4, 0.5) is 19.0 Å². The number of alkyl halides is 3. The van der Waals surface area contributed by atoms with E-state index >= 15 is 0 Å². The maximum absolute atomic E-state index is 12.7. The topological polar surface area (TPSA) is 99.0 Å². The lowest BCUT2D eigenvalue weighted by Crippen LogP contribution is -2.37. The molecule has 2 unspecified atom stereocenters. The van der Waals surface area contributed by atoms with Crippen LogP contribution >= 0.6 is 0 Å². The molecule has 4 atom stereocenters. The number of pyridine rings is 1. The summed E-state index contributed by atoms with van der Waals surface area (Å²) in [4.78, 5) is 11.2. The predicted octanol–water partition coefficient (Wildman–Crippen LogP) is 3.46. The van der Waals surface area contributed by atoms with E-state index in [9.17, 15) is 13.2 Å². The average Bonchev–Trinajstić information content (AvgIpc) is 3.34. The summed E-state index contributed by atoms with van der Waals surface area (Å²) in [7, 11) is 0. The first kappa shape index (κ1) is 23.8. The largest absolute Gasteiger partial charge is 0.573 e. The highest BCUT2D eigenvalue weighted by molar-refractivity contribution is 6.04. The normalized spacial score (nSPS) is 29.2. The number of rotatable bonds is 6. The smallest absolute Gasteiger partial charge is 0.402 e. The van der Waals surface area contributed by atoms with E-state index in [1.165, 1.54) is 12.3 Å². The number of nitrogen functional groups attached to an aromatic ring is 1. The van der Waals surface area contributed by atoms with Gasteiger partial charge in [0.2, 0.25) is 0 Å². The van der Waals surface area contributed by atoms with Gasteiger partial charge in [0.1, 0.15) is 0 Å². The van der Waals surface area contributed by atoms with E-state index in [-0.39, 0.29) is 11.9 Å². The van der Waals surface area contributed by atoms with Crippen LogP contribution in [-0.2, 0) is 4.74 Å². The molecular formula is C23H32F3N5O2. The quantitative estimate of drug-likeness (QED) is 0.622. The van der Waals surface area contributed by atoms with Gasteiger partial charge in [-0.3, -0.25) is 9.89 Å². The molecule has 1 aromatic rings. The van der Waals surface area contributed by atoms with Gasteiger partial charge < -0.3 is 20.9 Å². The minimum Gasteiger partial charge on any atom is -0.402 e. The summed E-state index contributed by atoms with van der Waals surface area (Å²) in [6.07, 6.45) is 1.61. The van der Waals surface area contributed by atoms with Gasteiger partial charge >= 0.3 is 6.36 Å². The third kappa shape index (κ3) is 5.78. The first-order valence-corrected chi connectivity index (χ1v) is 11.5. The van der Waals surface area contributed by atoms with Crippen LogP contribution in [0.2, 0.25) is 0 Å². The third-order valence-electron chi connectivity index (χ3n) is 6.69. The van der Waals surface area contributed by atoms with E-state index in [1.807, 2.05) is 13.8 Å². The van der Waals surface area contributed by atoms with Crippen LogP contribution in [0.25, 0.3) is 5.70 Å². The average molecular weight is 468 g/mol. The van der Waals surface area contributed by atoms with Gasteiger partial charge in [-0.2, -0.15) is 0 Å². The number of aliphatic imine (C=N–C) groups is 1. The summed E-state index contributed by atoms with van der Waals surface area (Å²) in [6.45, 7) is 7.71. The second-order valence-corrected chi connectivity index (χ2v) is 9.38.